The lowest BCUT2D eigenvalue weighted by atomic mass is 10.1. The van der Waals surface area contributed by atoms with Crippen LogP contribution in [0.4, 0.5) is 9.18 Å². The molecular weight excluding hydrogens is 311 g/mol. The van der Waals surface area contributed by atoms with Crippen LogP contribution in [0.5, 0.6) is 5.75 Å². The first-order valence-electron chi connectivity index (χ1n) is 7.09. The number of halogens is 1. The number of benzene rings is 2. The van der Waals surface area contributed by atoms with E-state index in [0.717, 1.165) is 11.6 Å². The molecule has 0 atom stereocenters. The van der Waals surface area contributed by atoms with Crippen LogP contribution in [-0.4, -0.2) is 11.9 Å². The highest BCUT2D eigenvalue weighted by molar-refractivity contribution is 6.05. The lowest BCUT2D eigenvalue weighted by molar-refractivity contribution is 0.206. The van der Waals surface area contributed by atoms with E-state index in [2.05, 4.69) is 5.32 Å². The number of furan rings is 1. The normalized spacial score (nSPS) is 10.2. The minimum Gasteiger partial charge on any atom is -0.464 e. The molecule has 0 radical (unpaired) electrons. The average Bonchev–Trinajstić information content (AvgIpc) is 3.09. The first kappa shape index (κ1) is 15.5. The zero-order valence-electron chi connectivity index (χ0n) is 12.5. The van der Waals surface area contributed by atoms with Crippen LogP contribution in [0.3, 0.4) is 0 Å². The molecular formula is C18H13FN2O3. The molecule has 6 heteroatoms. The van der Waals surface area contributed by atoms with Gasteiger partial charge in [-0.15, -0.1) is 0 Å². The third-order valence-corrected chi connectivity index (χ3v) is 3.21. The van der Waals surface area contributed by atoms with Crippen LogP contribution in [0.2, 0.25) is 0 Å². The average molecular weight is 324 g/mol. The van der Waals surface area contributed by atoms with E-state index in [1.165, 1.54) is 18.2 Å². The Labute approximate surface area is 137 Å². The molecule has 1 aromatic heterocycles. The van der Waals surface area contributed by atoms with Crippen LogP contribution >= 0.6 is 0 Å². The smallest absolute Gasteiger partial charge is 0.418 e. The summed E-state index contributed by atoms with van der Waals surface area (Å²) in [5.74, 6) is 0.145. The fraction of sp³-hybridized carbons (Fsp3) is 0. The molecule has 0 saturated heterocycles. The molecule has 0 aliphatic heterocycles. The minimum atomic E-state index is -0.860. The molecule has 2 N–H and O–H groups in total. The van der Waals surface area contributed by atoms with Crippen molar-refractivity contribution in [3.63, 3.8) is 0 Å². The van der Waals surface area contributed by atoms with E-state index in [4.69, 9.17) is 14.6 Å². The highest BCUT2D eigenvalue weighted by Crippen LogP contribution is 2.20. The summed E-state index contributed by atoms with van der Waals surface area (Å²) in [4.78, 5) is 11.7. The van der Waals surface area contributed by atoms with Gasteiger partial charge in [0.15, 0.2) is 0 Å². The summed E-state index contributed by atoms with van der Waals surface area (Å²) < 4.78 is 23.2. The van der Waals surface area contributed by atoms with Crippen LogP contribution in [0.25, 0.3) is 11.3 Å². The summed E-state index contributed by atoms with van der Waals surface area (Å²) >= 11 is 0. The zero-order valence-corrected chi connectivity index (χ0v) is 12.5. The fourth-order valence-corrected chi connectivity index (χ4v) is 2.08. The summed E-state index contributed by atoms with van der Waals surface area (Å²) in [5.41, 5.74) is 1.36. The number of hydrogen-bond acceptors (Lipinski definition) is 4. The predicted octanol–water partition coefficient (Wildman–Crippen LogP) is 4.20. The van der Waals surface area contributed by atoms with Crippen LogP contribution in [0.1, 0.15) is 5.56 Å². The lowest BCUT2D eigenvalue weighted by Gasteiger charge is -2.08. The number of nitrogens with one attached hydrogen (secondary N) is 2. The van der Waals surface area contributed by atoms with Gasteiger partial charge < -0.3 is 9.15 Å². The van der Waals surface area contributed by atoms with Crippen molar-refractivity contribution in [3.8, 4) is 17.1 Å². The molecule has 5 nitrogen and oxygen atoms in total. The van der Waals surface area contributed by atoms with Crippen molar-refractivity contribution in [2.45, 2.75) is 0 Å². The molecule has 120 valence electrons. The maximum absolute atomic E-state index is 13.0. The van der Waals surface area contributed by atoms with Crippen LogP contribution < -0.4 is 10.1 Å². The van der Waals surface area contributed by atoms with Gasteiger partial charge in [0.2, 0.25) is 0 Å². The van der Waals surface area contributed by atoms with Gasteiger partial charge in [-0.2, -0.15) is 0 Å². The Morgan fingerprint density at radius 2 is 1.88 bits per heavy atom. The Morgan fingerprint density at radius 3 is 2.54 bits per heavy atom. The van der Waals surface area contributed by atoms with Crippen molar-refractivity contribution in [2.75, 3.05) is 0 Å². The molecule has 1 amide bonds. The van der Waals surface area contributed by atoms with Crippen molar-refractivity contribution in [1.82, 2.24) is 5.32 Å². The number of hydrogen-bond donors (Lipinski definition) is 2. The Balaban J connectivity index is 1.63. The number of rotatable bonds is 3. The van der Waals surface area contributed by atoms with Crippen molar-refractivity contribution < 1.29 is 18.3 Å². The van der Waals surface area contributed by atoms with Crippen molar-refractivity contribution in [2.24, 2.45) is 0 Å². The zero-order chi connectivity index (χ0) is 16.9. The predicted molar refractivity (Wildman–Crippen MR) is 86.5 cm³/mol. The van der Waals surface area contributed by atoms with Gasteiger partial charge in [-0.3, -0.25) is 10.7 Å². The Hall–Kier alpha value is -3.41. The van der Waals surface area contributed by atoms with Crippen molar-refractivity contribution in [1.29, 1.82) is 5.41 Å². The Kier molecular flexibility index (Phi) is 4.38. The summed E-state index contributed by atoms with van der Waals surface area (Å²) in [7, 11) is 0. The molecule has 24 heavy (non-hydrogen) atoms. The molecule has 0 aliphatic carbocycles. The molecule has 0 bridgehead atoms. The molecule has 0 aliphatic rings. The minimum absolute atomic E-state index is 0.0634. The molecule has 2 aromatic carbocycles. The van der Waals surface area contributed by atoms with Crippen LogP contribution in [0.15, 0.2) is 71.3 Å². The van der Waals surface area contributed by atoms with Gasteiger partial charge in [0.1, 0.15) is 23.2 Å². The first-order valence-corrected chi connectivity index (χ1v) is 7.09. The van der Waals surface area contributed by atoms with E-state index in [1.807, 2.05) is 6.07 Å². The van der Waals surface area contributed by atoms with Crippen molar-refractivity contribution >= 4 is 11.9 Å². The van der Waals surface area contributed by atoms with Crippen LogP contribution in [0, 0.1) is 11.2 Å². The number of carbonyl (C=O) groups excluding carboxylic acids is 1. The maximum atomic E-state index is 13.0. The van der Waals surface area contributed by atoms with E-state index in [1.54, 1.807) is 36.6 Å². The number of ether oxygens (including phenoxy) is 1. The molecule has 3 rings (SSSR count). The second kappa shape index (κ2) is 6.78. The van der Waals surface area contributed by atoms with Gasteiger partial charge in [-0.05, 0) is 24.3 Å². The summed E-state index contributed by atoms with van der Waals surface area (Å²) in [6, 6.07) is 15.7. The fourth-order valence-electron chi connectivity index (χ4n) is 2.08. The molecule has 0 spiro atoms. The second-order valence-corrected chi connectivity index (χ2v) is 4.90. The van der Waals surface area contributed by atoms with Crippen molar-refractivity contribution in [3.05, 3.63) is 78.3 Å². The van der Waals surface area contributed by atoms with Gasteiger partial charge >= 0.3 is 6.09 Å². The van der Waals surface area contributed by atoms with E-state index in [-0.39, 0.29) is 11.6 Å². The third-order valence-electron chi connectivity index (χ3n) is 3.21. The van der Waals surface area contributed by atoms with Gasteiger partial charge in [0, 0.05) is 17.2 Å². The van der Waals surface area contributed by atoms with Gasteiger partial charge in [0.05, 0.1) is 6.26 Å². The molecule has 0 fully saturated rings. The molecule has 0 unspecified atom stereocenters. The van der Waals surface area contributed by atoms with E-state index >= 15 is 0 Å². The number of amides is 1. The summed E-state index contributed by atoms with van der Waals surface area (Å²) in [6.45, 7) is 0. The maximum Gasteiger partial charge on any atom is 0.418 e. The topological polar surface area (TPSA) is 75.3 Å². The van der Waals surface area contributed by atoms with E-state index in [0.29, 0.717) is 11.3 Å². The first-order chi connectivity index (χ1) is 11.6. The monoisotopic (exact) mass is 324 g/mol. The van der Waals surface area contributed by atoms with Gasteiger partial charge in [0.25, 0.3) is 0 Å². The van der Waals surface area contributed by atoms with E-state index in [9.17, 15) is 9.18 Å². The SMILES string of the molecule is N=C(NC(=O)Oc1cccc(F)c1)c1ccc(-c2ccco2)cc1. The molecule has 0 saturated carbocycles. The van der Waals surface area contributed by atoms with Crippen LogP contribution in [-0.2, 0) is 0 Å². The third kappa shape index (κ3) is 3.67. The lowest BCUT2D eigenvalue weighted by Crippen LogP contribution is -2.33. The highest BCUT2D eigenvalue weighted by Gasteiger charge is 2.10. The summed E-state index contributed by atoms with van der Waals surface area (Å²) in [6.07, 6.45) is 0.718. The van der Waals surface area contributed by atoms with E-state index < -0.39 is 11.9 Å². The number of carbonyl (C=O) groups is 1. The van der Waals surface area contributed by atoms with Gasteiger partial charge in [-0.25, -0.2) is 9.18 Å². The number of amidine groups is 1. The Morgan fingerprint density at radius 1 is 1.08 bits per heavy atom. The molecule has 1 heterocycles. The standard InChI is InChI=1S/C18H13FN2O3/c19-14-3-1-4-15(11-14)24-18(22)21-17(20)13-8-6-12(7-9-13)16-5-2-10-23-16/h1-11H,(H2,20,21,22). The second-order valence-electron chi connectivity index (χ2n) is 4.90. The quantitative estimate of drug-likeness (QED) is 0.560. The highest BCUT2D eigenvalue weighted by atomic mass is 19.1. The molecule has 3 aromatic rings. The summed E-state index contributed by atoms with van der Waals surface area (Å²) in [5, 5.41) is 10.2. The largest absolute Gasteiger partial charge is 0.464 e. The Bertz CT molecular complexity index is 858. The van der Waals surface area contributed by atoms with Gasteiger partial charge in [-0.1, -0.05) is 30.3 Å².